The van der Waals surface area contributed by atoms with Crippen LogP contribution in [0.1, 0.15) is 43.5 Å². The summed E-state index contributed by atoms with van der Waals surface area (Å²) in [5, 5.41) is 13.7. The minimum absolute atomic E-state index is 0.0298. The van der Waals surface area contributed by atoms with Gasteiger partial charge >= 0.3 is 0 Å². The summed E-state index contributed by atoms with van der Waals surface area (Å²) in [6.07, 6.45) is 2.69. The summed E-state index contributed by atoms with van der Waals surface area (Å²) >= 11 is 5.71. The molecule has 1 aromatic rings. The fourth-order valence-electron chi connectivity index (χ4n) is 1.79. The van der Waals surface area contributed by atoms with Gasteiger partial charge in [-0.1, -0.05) is 31.9 Å². The summed E-state index contributed by atoms with van der Waals surface area (Å²) in [6, 6.07) is 4.15. The molecule has 5 nitrogen and oxygen atoms in total. The smallest absolute Gasteiger partial charge is 0.288 e. The van der Waals surface area contributed by atoms with Crippen LogP contribution in [0.3, 0.4) is 0 Å². The average molecular weight is 285 g/mol. The molecule has 1 rings (SSSR count). The number of nitrogens with one attached hydrogen (secondary N) is 1. The molecule has 0 aromatic heterocycles. The highest BCUT2D eigenvalue weighted by Crippen LogP contribution is 2.25. The zero-order valence-electron chi connectivity index (χ0n) is 11.0. The molecule has 0 bridgehead atoms. The molecule has 1 amide bonds. The Kier molecular flexibility index (Phi) is 5.76. The van der Waals surface area contributed by atoms with Gasteiger partial charge in [0.2, 0.25) is 0 Å². The standard InChI is InChI=1S/C13H17ClN2O3/c1-3-5-10(4-2)15-13(17)9-6-7-11(14)12(8-9)16(18)19/h6-8,10H,3-5H2,1-2H3,(H,15,17). The molecule has 1 N–H and O–H groups in total. The maximum absolute atomic E-state index is 12.0. The Morgan fingerprint density at radius 2 is 2.16 bits per heavy atom. The van der Waals surface area contributed by atoms with E-state index in [-0.39, 0.29) is 28.2 Å². The van der Waals surface area contributed by atoms with Crippen molar-refractivity contribution in [1.82, 2.24) is 5.32 Å². The van der Waals surface area contributed by atoms with E-state index in [4.69, 9.17) is 11.6 Å². The van der Waals surface area contributed by atoms with Crippen molar-refractivity contribution in [3.63, 3.8) is 0 Å². The van der Waals surface area contributed by atoms with Gasteiger partial charge in [-0.05, 0) is 25.0 Å². The third kappa shape index (κ3) is 4.21. The van der Waals surface area contributed by atoms with Crippen molar-refractivity contribution in [2.75, 3.05) is 0 Å². The van der Waals surface area contributed by atoms with E-state index >= 15 is 0 Å². The van der Waals surface area contributed by atoms with Crippen molar-refractivity contribution >= 4 is 23.2 Å². The summed E-state index contributed by atoms with van der Waals surface area (Å²) in [6.45, 7) is 4.03. The van der Waals surface area contributed by atoms with Gasteiger partial charge in [-0.2, -0.15) is 0 Å². The van der Waals surface area contributed by atoms with Crippen LogP contribution in [-0.4, -0.2) is 16.9 Å². The van der Waals surface area contributed by atoms with Crippen molar-refractivity contribution in [3.8, 4) is 0 Å². The molecule has 1 aromatic carbocycles. The Bertz CT molecular complexity index is 477. The third-order valence-corrected chi connectivity index (χ3v) is 3.19. The van der Waals surface area contributed by atoms with Crippen LogP contribution in [0.4, 0.5) is 5.69 Å². The van der Waals surface area contributed by atoms with Gasteiger partial charge in [0.25, 0.3) is 11.6 Å². The molecule has 0 spiro atoms. The summed E-state index contributed by atoms with van der Waals surface area (Å²) in [7, 11) is 0. The fourth-order valence-corrected chi connectivity index (χ4v) is 1.98. The predicted octanol–water partition coefficient (Wildman–Crippen LogP) is 3.56. The third-order valence-electron chi connectivity index (χ3n) is 2.87. The van der Waals surface area contributed by atoms with E-state index in [1.807, 2.05) is 13.8 Å². The molecule has 0 aliphatic carbocycles. The van der Waals surface area contributed by atoms with E-state index in [1.165, 1.54) is 18.2 Å². The lowest BCUT2D eigenvalue weighted by Crippen LogP contribution is -2.34. The number of nitrogens with zero attached hydrogens (tertiary/aromatic N) is 1. The van der Waals surface area contributed by atoms with Crippen molar-refractivity contribution in [3.05, 3.63) is 38.9 Å². The maximum atomic E-state index is 12.0. The molecule has 0 aliphatic rings. The molecule has 0 aliphatic heterocycles. The van der Waals surface area contributed by atoms with E-state index in [0.717, 1.165) is 19.3 Å². The quantitative estimate of drug-likeness (QED) is 0.641. The molecule has 6 heteroatoms. The Labute approximate surface area is 117 Å². The van der Waals surface area contributed by atoms with Crippen LogP contribution >= 0.6 is 11.6 Å². The van der Waals surface area contributed by atoms with Crippen LogP contribution in [-0.2, 0) is 0 Å². The highest BCUT2D eigenvalue weighted by molar-refractivity contribution is 6.32. The van der Waals surface area contributed by atoms with E-state index in [2.05, 4.69) is 5.32 Å². The summed E-state index contributed by atoms with van der Waals surface area (Å²) in [5.74, 6) is -0.305. The second-order valence-electron chi connectivity index (χ2n) is 4.29. The topological polar surface area (TPSA) is 72.2 Å². The second-order valence-corrected chi connectivity index (χ2v) is 4.70. The molecule has 0 heterocycles. The number of nitro benzene ring substituents is 1. The average Bonchev–Trinajstić information content (AvgIpc) is 2.38. The monoisotopic (exact) mass is 284 g/mol. The summed E-state index contributed by atoms with van der Waals surface area (Å²) in [5.41, 5.74) is 0.00325. The lowest BCUT2D eigenvalue weighted by molar-refractivity contribution is -0.384. The van der Waals surface area contributed by atoms with Gasteiger partial charge in [0, 0.05) is 17.7 Å². The maximum Gasteiger partial charge on any atom is 0.288 e. The highest BCUT2D eigenvalue weighted by Gasteiger charge is 2.17. The lowest BCUT2D eigenvalue weighted by Gasteiger charge is -2.15. The highest BCUT2D eigenvalue weighted by atomic mass is 35.5. The van der Waals surface area contributed by atoms with Crippen LogP contribution in [0.2, 0.25) is 5.02 Å². The van der Waals surface area contributed by atoms with Crippen LogP contribution in [0.5, 0.6) is 0 Å². The van der Waals surface area contributed by atoms with Crippen molar-refractivity contribution < 1.29 is 9.72 Å². The number of halogens is 1. The number of hydrogen-bond donors (Lipinski definition) is 1. The number of carbonyl (C=O) groups excluding carboxylic acids is 1. The van der Waals surface area contributed by atoms with Crippen LogP contribution in [0.15, 0.2) is 18.2 Å². The van der Waals surface area contributed by atoms with Crippen molar-refractivity contribution in [2.24, 2.45) is 0 Å². The number of hydrogen-bond acceptors (Lipinski definition) is 3. The van der Waals surface area contributed by atoms with Crippen LogP contribution in [0.25, 0.3) is 0 Å². The molecule has 0 radical (unpaired) electrons. The van der Waals surface area contributed by atoms with Gasteiger partial charge in [0.05, 0.1) is 4.92 Å². The molecule has 1 unspecified atom stereocenters. The van der Waals surface area contributed by atoms with Gasteiger partial charge in [-0.25, -0.2) is 0 Å². The molecular formula is C13H17ClN2O3. The summed E-state index contributed by atoms with van der Waals surface area (Å²) < 4.78 is 0. The van der Waals surface area contributed by atoms with Gasteiger partial charge in [0.15, 0.2) is 0 Å². The Morgan fingerprint density at radius 1 is 1.47 bits per heavy atom. The predicted molar refractivity (Wildman–Crippen MR) is 74.6 cm³/mol. The van der Waals surface area contributed by atoms with E-state index in [1.54, 1.807) is 0 Å². The van der Waals surface area contributed by atoms with Crippen molar-refractivity contribution in [1.29, 1.82) is 0 Å². The number of nitro groups is 1. The largest absolute Gasteiger partial charge is 0.349 e. The fraction of sp³-hybridized carbons (Fsp3) is 0.462. The summed E-state index contributed by atoms with van der Waals surface area (Å²) in [4.78, 5) is 22.2. The molecule has 0 saturated heterocycles. The van der Waals surface area contributed by atoms with Gasteiger partial charge < -0.3 is 5.32 Å². The normalized spacial score (nSPS) is 11.9. The number of amides is 1. The van der Waals surface area contributed by atoms with Gasteiger partial charge in [-0.15, -0.1) is 0 Å². The Morgan fingerprint density at radius 3 is 2.68 bits per heavy atom. The van der Waals surface area contributed by atoms with E-state index in [9.17, 15) is 14.9 Å². The lowest BCUT2D eigenvalue weighted by atomic mass is 10.1. The minimum atomic E-state index is -0.595. The van der Waals surface area contributed by atoms with E-state index in [0.29, 0.717) is 0 Å². The molecule has 1 atom stereocenters. The first-order valence-electron chi connectivity index (χ1n) is 6.24. The second kappa shape index (κ2) is 7.09. The Hall–Kier alpha value is -1.62. The van der Waals surface area contributed by atoms with Crippen LogP contribution < -0.4 is 5.32 Å². The zero-order valence-corrected chi connectivity index (χ0v) is 11.7. The first-order chi connectivity index (χ1) is 8.99. The number of benzene rings is 1. The van der Waals surface area contributed by atoms with Gasteiger partial charge in [0.1, 0.15) is 5.02 Å². The van der Waals surface area contributed by atoms with E-state index < -0.39 is 4.92 Å². The molecular weight excluding hydrogens is 268 g/mol. The molecule has 104 valence electrons. The molecule has 0 saturated carbocycles. The molecule has 19 heavy (non-hydrogen) atoms. The minimum Gasteiger partial charge on any atom is -0.349 e. The zero-order chi connectivity index (χ0) is 14.4. The number of carbonyl (C=O) groups is 1. The van der Waals surface area contributed by atoms with Crippen LogP contribution in [0, 0.1) is 10.1 Å². The first kappa shape index (κ1) is 15.4. The van der Waals surface area contributed by atoms with Crippen molar-refractivity contribution in [2.45, 2.75) is 39.2 Å². The SMILES string of the molecule is CCCC(CC)NC(=O)c1ccc(Cl)c([N+](=O)[O-])c1. The number of rotatable bonds is 6. The Balaban J connectivity index is 2.88. The molecule has 0 fully saturated rings. The van der Waals surface area contributed by atoms with Gasteiger partial charge in [-0.3, -0.25) is 14.9 Å². The first-order valence-corrected chi connectivity index (χ1v) is 6.62.